The van der Waals surface area contributed by atoms with Crippen molar-refractivity contribution in [1.29, 1.82) is 0 Å². The molecule has 0 radical (unpaired) electrons. The summed E-state index contributed by atoms with van der Waals surface area (Å²) >= 11 is 0. The Morgan fingerprint density at radius 2 is 1.04 bits per heavy atom. The Bertz CT molecular complexity index is 800. The van der Waals surface area contributed by atoms with Crippen LogP contribution in [0.2, 0.25) is 0 Å². The number of hydrogen-bond donors (Lipinski definition) is 2. The number of hydrogen-bond acceptors (Lipinski definition) is 2. The average Bonchev–Trinajstić information content (AvgIpc) is 2.64. The molecule has 0 saturated carbocycles. The predicted octanol–water partition coefficient (Wildman–Crippen LogP) is 4.13. The highest BCUT2D eigenvalue weighted by Crippen LogP contribution is 2.29. The molecule has 0 aliphatic carbocycles. The van der Waals surface area contributed by atoms with Crippen molar-refractivity contribution in [2.24, 2.45) is 0 Å². The van der Waals surface area contributed by atoms with Crippen LogP contribution in [-0.4, -0.2) is 11.7 Å². The third-order valence-corrected chi connectivity index (χ3v) is 4.27. The third kappa shape index (κ3) is 4.12. The molecule has 2 N–H and O–H groups in total. The number of benzene rings is 3. The quantitative estimate of drug-likeness (QED) is 0.695. The van der Waals surface area contributed by atoms with Gasteiger partial charge in [-0.15, -0.1) is 0 Å². The summed E-state index contributed by atoms with van der Waals surface area (Å²) in [5.41, 5.74) is 0.350. The van der Waals surface area contributed by atoms with E-state index in [2.05, 4.69) is 5.32 Å². The van der Waals surface area contributed by atoms with Crippen molar-refractivity contribution in [2.75, 3.05) is 6.54 Å². The van der Waals surface area contributed by atoms with E-state index in [1.54, 1.807) is 12.1 Å². The molecule has 3 rings (SSSR count). The van der Waals surface area contributed by atoms with Gasteiger partial charge in [-0.3, -0.25) is 0 Å². The highest BCUT2D eigenvalue weighted by atomic mass is 19.1. The maximum Gasteiger partial charge on any atom is 0.127 e. The minimum absolute atomic E-state index is 0.113. The zero-order chi connectivity index (χ0) is 18.6. The Morgan fingerprint density at radius 3 is 1.46 bits per heavy atom. The number of aliphatic hydroxyl groups is 1. The molecule has 0 saturated heterocycles. The normalized spacial score (nSPS) is 11.5. The highest BCUT2D eigenvalue weighted by molar-refractivity contribution is 5.37. The van der Waals surface area contributed by atoms with Crippen LogP contribution >= 0.6 is 0 Å². The molecule has 0 unspecified atom stereocenters. The van der Waals surface area contributed by atoms with Crippen LogP contribution in [0, 0.1) is 17.5 Å². The molecule has 0 aromatic heterocycles. The molecule has 3 aromatic carbocycles. The first kappa shape index (κ1) is 18.2. The lowest BCUT2D eigenvalue weighted by atomic mass is 9.86. The average molecular weight is 357 g/mol. The second kappa shape index (κ2) is 7.72. The van der Waals surface area contributed by atoms with E-state index in [-0.39, 0.29) is 12.4 Å². The number of halogens is 3. The molecule has 0 atom stereocenters. The largest absolute Gasteiger partial charge is 0.379 e. The molecule has 0 aliphatic rings. The van der Waals surface area contributed by atoms with Crippen LogP contribution in [0.4, 0.5) is 13.2 Å². The summed E-state index contributed by atoms with van der Waals surface area (Å²) in [7, 11) is 0. The van der Waals surface area contributed by atoms with Crippen molar-refractivity contribution >= 4 is 0 Å². The molecule has 0 bridgehead atoms. The third-order valence-electron chi connectivity index (χ3n) is 4.27. The van der Waals surface area contributed by atoms with Gasteiger partial charge in [0.25, 0.3) is 0 Å². The van der Waals surface area contributed by atoms with Crippen LogP contribution in [0.15, 0.2) is 72.8 Å². The molecule has 2 nitrogen and oxygen atoms in total. The van der Waals surface area contributed by atoms with Gasteiger partial charge in [-0.05, 0) is 53.1 Å². The zero-order valence-corrected chi connectivity index (χ0v) is 13.9. The first-order valence-corrected chi connectivity index (χ1v) is 8.17. The Morgan fingerprint density at radius 1 is 0.654 bits per heavy atom. The van der Waals surface area contributed by atoms with Crippen LogP contribution in [0.5, 0.6) is 0 Å². The molecule has 0 heterocycles. The molecular weight excluding hydrogens is 339 g/mol. The van der Waals surface area contributed by atoms with Crippen molar-refractivity contribution in [1.82, 2.24) is 5.32 Å². The summed E-state index contributed by atoms with van der Waals surface area (Å²) in [5, 5.41) is 14.4. The van der Waals surface area contributed by atoms with Gasteiger partial charge in [0.2, 0.25) is 0 Å². The van der Waals surface area contributed by atoms with Gasteiger partial charge >= 0.3 is 0 Å². The Balaban J connectivity index is 1.83. The summed E-state index contributed by atoms with van der Waals surface area (Å²) in [6, 6.07) is 17.1. The van der Waals surface area contributed by atoms with Crippen molar-refractivity contribution in [2.45, 2.75) is 12.1 Å². The van der Waals surface area contributed by atoms with E-state index in [9.17, 15) is 18.3 Å². The summed E-state index contributed by atoms with van der Waals surface area (Å²) in [5.74, 6) is -1.13. The topological polar surface area (TPSA) is 32.3 Å². The van der Waals surface area contributed by atoms with Crippen molar-refractivity contribution in [3.63, 3.8) is 0 Å². The van der Waals surface area contributed by atoms with Gasteiger partial charge in [-0.1, -0.05) is 36.4 Å². The number of nitrogens with one attached hydrogen (secondary N) is 1. The van der Waals surface area contributed by atoms with Gasteiger partial charge in [0, 0.05) is 13.1 Å². The Labute approximate surface area is 149 Å². The molecule has 0 amide bonds. The monoisotopic (exact) mass is 357 g/mol. The second-order valence-electron chi connectivity index (χ2n) is 6.10. The fourth-order valence-corrected chi connectivity index (χ4v) is 2.81. The van der Waals surface area contributed by atoms with Crippen LogP contribution in [0.3, 0.4) is 0 Å². The Kier molecular flexibility index (Phi) is 5.40. The standard InChI is InChI=1S/C21H18F3NO/c22-18-7-1-15(2-8-18)13-25-14-21(26,16-3-9-19(23)10-4-16)17-5-11-20(24)12-6-17/h1-12,25-26H,13-14H2. The van der Waals surface area contributed by atoms with E-state index >= 15 is 0 Å². The first-order chi connectivity index (χ1) is 12.5. The summed E-state index contributed by atoms with van der Waals surface area (Å²) < 4.78 is 39.5. The zero-order valence-electron chi connectivity index (χ0n) is 13.9. The molecule has 0 aliphatic heterocycles. The van der Waals surface area contributed by atoms with E-state index in [4.69, 9.17) is 0 Å². The molecule has 5 heteroatoms. The van der Waals surface area contributed by atoms with E-state index in [1.807, 2.05) is 0 Å². The van der Waals surface area contributed by atoms with E-state index < -0.39 is 17.2 Å². The van der Waals surface area contributed by atoms with Crippen LogP contribution in [0.1, 0.15) is 16.7 Å². The minimum atomic E-state index is -1.47. The molecule has 0 spiro atoms. The van der Waals surface area contributed by atoms with E-state index in [0.29, 0.717) is 17.7 Å². The lowest BCUT2D eigenvalue weighted by Gasteiger charge is -2.30. The highest BCUT2D eigenvalue weighted by Gasteiger charge is 2.31. The van der Waals surface area contributed by atoms with Crippen LogP contribution in [-0.2, 0) is 12.1 Å². The van der Waals surface area contributed by atoms with Gasteiger partial charge in [-0.25, -0.2) is 13.2 Å². The number of rotatable bonds is 6. The van der Waals surface area contributed by atoms with Crippen molar-refractivity contribution < 1.29 is 18.3 Å². The smallest absolute Gasteiger partial charge is 0.127 e. The van der Waals surface area contributed by atoms with Crippen LogP contribution in [0.25, 0.3) is 0 Å². The van der Waals surface area contributed by atoms with Crippen LogP contribution < -0.4 is 5.32 Å². The summed E-state index contributed by atoms with van der Waals surface area (Å²) in [4.78, 5) is 0. The molecule has 0 fully saturated rings. The molecule has 26 heavy (non-hydrogen) atoms. The Hall–Kier alpha value is -2.63. The van der Waals surface area contributed by atoms with Gasteiger partial charge in [0.1, 0.15) is 23.1 Å². The van der Waals surface area contributed by atoms with Gasteiger partial charge < -0.3 is 10.4 Å². The lowest BCUT2D eigenvalue weighted by molar-refractivity contribution is 0.0795. The van der Waals surface area contributed by atoms with Crippen molar-refractivity contribution in [3.8, 4) is 0 Å². The molecule has 134 valence electrons. The second-order valence-corrected chi connectivity index (χ2v) is 6.10. The van der Waals surface area contributed by atoms with Crippen molar-refractivity contribution in [3.05, 3.63) is 107 Å². The predicted molar refractivity (Wildman–Crippen MR) is 93.9 cm³/mol. The van der Waals surface area contributed by atoms with Gasteiger partial charge in [-0.2, -0.15) is 0 Å². The molecular formula is C21H18F3NO. The SMILES string of the molecule is OC(CNCc1ccc(F)cc1)(c1ccc(F)cc1)c1ccc(F)cc1. The summed E-state index contributed by atoms with van der Waals surface area (Å²) in [6.07, 6.45) is 0. The van der Waals surface area contributed by atoms with Gasteiger partial charge in [0.15, 0.2) is 0 Å². The molecule has 3 aromatic rings. The van der Waals surface area contributed by atoms with E-state index in [0.717, 1.165) is 5.56 Å². The summed E-state index contributed by atoms with van der Waals surface area (Å²) in [6.45, 7) is 0.520. The van der Waals surface area contributed by atoms with Gasteiger partial charge in [0.05, 0.1) is 0 Å². The maximum atomic E-state index is 13.3. The maximum absolute atomic E-state index is 13.3. The fourth-order valence-electron chi connectivity index (χ4n) is 2.81. The van der Waals surface area contributed by atoms with E-state index in [1.165, 1.54) is 60.7 Å². The minimum Gasteiger partial charge on any atom is -0.379 e. The lowest BCUT2D eigenvalue weighted by Crippen LogP contribution is -2.39. The first-order valence-electron chi connectivity index (χ1n) is 8.17. The fraction of sp³-hybridized carbons (Fsp3) is 0.143.